The van der Waals surface area contributed by atoms with Gasteiger partial charge in [-0.2, -0.15) is 0 Å². The molecule has 37 heavy (non-hydrogen) atoms. The number of nitrogens with zero attached hydrogens (tertiary/aromatic N) is 1. The highest BCUT2D eigenvalue weighted by Crippen LogP contribution is 2.38. The first kappa shape index (κ1) is 28.3. The highest BCUT2D eigenvalue weighted by atomic mass is 79.9. The van der Waals surface area contributed by atoms with Crippen molar-refractivity contribution in [3.8, 4) is 11.5 Å². The van der Waals surface area contributed by atoms with Crippen LogP contribution in [0.15, 0.2) is 45.8 Å². The zero-order valence-corrected chi connectivity index (χ0v) is 23.2. The van der Waals surface area contributed by atoms with Crippen LogP contribution in [0.2, 0.25) is 0 Å². The Kier molecular flexibility index (Phi) is 9.76. The summed E-state index contributed by atoms with van der Waals surface area (Å²) in [6, 6.07) is 9.63. The first-order chi connectivity index (χ1) is 17.6. The van der Waals surface area contributed by atoms with E-state index in [1.807, 2.05) is 19.1 Å². The maximum absolute atomic E-state index is 12.9. The zero-order chi connectivity index (χ0) is 27.1. The van der Waals surface area contributed by atoms with Crippen molar-refractivity contribution in [3.63, 3.8) is 0 Å². The molecular formula is C26H27BrN2O7S. The summed E-state index contributed by atoms with van der Waals surface area (Å²) in [6.07, 6.45) is 1.53. The number of anilines is 1. The topological polar surface area (TPSA) is 111 Å². The molecule has 1 aliphatic heterocycles. The van der Waals surface area contributed by atoms with Crippen LogP contribution in [-0.4, -0.2) is 53.8 Å². The van der Waals surface area contributed by atoms with Crippen LogP contribution in [0.1, 0.15) is 31.9 Å². The monoisotopic (exact) mass is 590 g/mol. The highest BCUT2D eigenvalue weighted by molar-refractivity contribution is 9.10. The summed E-state index contributed by atoms with van der Waals surface area (Å²) >= 11 is 4.19. The normalized spacial score (nSPS) is 15.1. The van der Waals surface area contributed by atoms with Crippen molar-refractivity contribution in [1.29, 1.82) is 0 Å². The van der Waals surface area contributed by atoms with Crippen LogP contribution in [0.4, 0.5) is 10.5 Å². The molecular weight excluding hydrogens is 564 g/mol. The van der Waals surface area contributed by atoms with E-state index in [9.17, 15) is 19.2 Å². The third-order valence-corrected chi connectivity index (χ3v) is 6.75. The molecule has 0 saturated carbocycles. The minimum absolute atomic E-state index is 0.143. The van der Waals surface area contributed by atoms with Gasteiger partial charge in [0.2, 0.25) is 0 Å². The molecule has 3 rings (SSSR count). The van der Waals surface area contributed by atoms with E-state index < -0.39 is 23.2 Å². The van der Waals surface area contributed by atoms with Crippen LogP contribution in [0.3, 0.4) is 0 Å². The average molecular weight is 591 g/mol. The zero-order valence-electron chi connectivity index (χ0n) is 20.8. The van der Waals surface area contributed by atoms with Gasteiger partial charge in [-0.05, 0) is 75.4 Å². The fourth-order valence-corrected chi connectivity index (χ4v) is 4.68. The van der Waals surface area contributed by atoms with Gasteiger partial charge in [0.1, 0.15) is 6.04 Å². The molecule has 0 spiro atoms. The number of esters is 1. The van der Waals surface area contributed by atoms with Gasteiger partial charge in [0.25, 0.3) is 17.1 Å². The van der Waals surface area contributed by atoms with Crippen LogP contribution in [-0.2, 0) is 19.1 Å². The van der Waals surface area contributed by atoms with E-state index >= 15 is 0 Å². The number of carbonyl (C=O) groups is 4. The van der Waals surface area contributed by atoms with Gasteiger partial charge in [-0.25, -0.2) is 4.79 Å². The summed E-state index contributed by atoms with van der Waals surface area (Å²) in [5.41, 5.74) is 2.29. The molecule has 0 aliphatic carbocycles. The Labute approximate surface area is 227 Å². The third-order valence-electron chi connectivity index (χ3n) is 5.18. The number of aryl methyl sites for hydroxylation is 1. The second kappa shape index (κ2) is 12.8. The molecule has 3 amide bonds. The van der Waals surface area contributed by atoms with Crippen LogP contribution in [0.25, 0.3) is 6.08 Å². The Hall–Kier alpha value is -3.31. The van der Waals surface area contributed by atoms with E-state index in [1.165, 1.54) is 13.0 Å². The highest BCUT2D eigenvalue weighted by Gasteiger charge is 2.41. The summed E-state index contributed by atoms with van der Waals surface area (Å²) in [5, 5.41) is 2.21. The van der Waals surface area contributed by atoms with Gasteiger partial charge in [-0.15, -0.1) is 0 Å². The molecule has 1 saturated heterocycles. The van der Waals surface area contributed by atoms with Crippen LogP contribution in [0, 0.1) is 6.92 Å². The number of carbonyl (C=O) groups excluding carboxylic acids is 4. The fraction of sp³-hybridized carbons (Fsp3) is 0.308. The van der Waals surface area contributed by atoms with E-state index in [0.29, 0.717) is 33.8 Å². The van der Waals surface area contributed by atoms with E-state index in [1.54, 1.807) is 38.1 Å². The molecule has 0 bridgehead atoms. The molecule has 2 aromatic rings. The molecule has 1 N–H and O–H groups in total. The molecule has 1 atom stereocenters. The lowest BCUT2D eigenvalue weighted by molar-refractivity contribution is -0.150. The van der Waals surface area contributed by atoms with Crippen LogP contribution >= 0.6 is 27.7 Å². The predicted octanol–water partition coefficient (Wildman–Crippen LogP) is 5.16. The molecule has 2 aromatic carbocycles. The lowest BCUT2D eigenvalue weighted by Crippen LogP contribution is -2.42. The molecule has 1 heterocycles. The van der Waals surface area contributed by atoms with E-state index in [0.717, 1.165) is 22.2 Å². The Morgan fingerprint density at radius 3 is 2.41 bits per heavy atom. The number of benzene rings is 2. The molecule has 0 unspecified atom stereocenters. The Morgan fingerprint density at radius 1 is 1.08 bits per heavy atom. The summed E-state index contributed by atoms with van der Waals surface area (Å²) < 4.78 is 16.9. The minimum Gasteiger partial charge on any atom is -0.490 e. The quantitative estimate of drug-likeness (QED) is 0.298. The second-order valence-electron chi connectivity index (χ2n) is 7.94. The van der Waals surface area contributed by atoms with Crippen molar-refractivity contribution in [2.75, 3.05) is 25.1 Å². The largest absolute Gasteiger partial charge is 0.490 e. The number of ether oxygens (including phenoxy) is 3. The number of halogens is 1. The molecule has 0 aromatic heterocycles. The first-order valence-electron chi connectivity index (χ1n) is 11.5. The van der Waals surface area contributed by atoms with Crippen molar-refractivity contribution in [3.05, 3.63) is 56.9 Å². The average Bonchev–Trinajstić information content (AvgIpc) is 3.13. The van der Waals surface area contributed by atoms with Gasteiger partial charge in [0.15, 0.2) is 18.1 Å². The van der Waals surface area contributed by atoms with Gasteiger partial charge in [-0.1, -0.05) is 33.6 Å². The maximum atomic E-state index is 12.9. The summed E-state index contributed by atoms with van der Waals surface area (Å²) in [6.45, 7) is 7.09. The minimum atomic E-state index is -1.04. The summed E-state index contributed by atoms with van der Waals surface area (Å²) in [4.78, 5) is 50.8. The number of amides is 3. The SMILES string of the molecule is CCOC(=O)[C@@H](C)N1C(=O)S/C(=C/c2cc(OCC)c(OCC(=O)Nc3ccc(C)cc3)cc2Br)C1=O. The molecule has 1 aliphatic rings. The van der Waals surface area contributed by atoms with Crippen molar-refractivity contribution in [2.45, 2.75) is 33.7 Å². The predicted molar refractivity (Wildman–Crippen MR) is 145 cm³/mol. The van der Waals surface area contributed by atoms with Gasteiger partial charge >= 0.3 is 5.97 Å². The first-order valence-corrected chi connectivity index (χ1v) is 13.1. The summed E-state index contributed by atoms with van der Waals surface area (Å²) in [7, 11) is 0. The number of hydrogen-bond acceptors (Lipinski definition) is 8. The Morgan fingerprint density at radius 2 is 1.76 bits per heavy atom. The van der Waals surface area contributed by atoms with E-state index in [2.05, 4.69) is 21.2 Å². The second-order valence-corrected chi connectivity index (χ2v) is 9.78. The van der Waals surface area contributed by atoms with E-state index in [4.69, 9.17) is 14.2 Å². The number of hydrogen-bond donors (Lipinski definition) is 1. The number of rotatable bonds is 10. The van der Waals surface area contributed by atoms with Crippen molar-refractivity contribution >= 4 is 62.5 Å². The van der Waals surface area contributed by atoms with Gasteiger partial charge in [-0.3, -0.25) is 19.3 Å². The molecule has 11 heteroatoms. The number of nitrogens with one attached hydrogen (secondary N) is 1. The smallest absolute Gasteiger partial charge is 0.329 e. The number of imide groups is 1. The fourth-order valence-electron chi connectivity index (χ4n) is 3.34. The van der Waals surface area contributed by atoms with Crippen molar-refractivity contribution < 1.29 is 33.4 Å². The van der Waals surface area contributed by atoms with Gasteiger partial charge < -0.3 is 19.5 Å². The lowest BCUT2D eigenvalue weighted by Gasteiger charge is -2.19. The van der Waals surface area contributed by atoms with E-state index in [-0.39, 0.29) is 24.0 Å². The Bertz CT molecular complexity index is 1230. The van der Waals surface area contributed by atoms with Crippen molar-refractivity contribution in [2.24, 2.45) is 0 Å². The van der Waals surface area contributed by atoms with Gasteiger partial charge in [0, 0.05) is 10.2 Å². The van der Waals surface area contributed by atoms with Crippen LogP contribution < -0.4 is 14.8 Å². The Balaban J connectivity index is 1.77. The standard InChI is InChI=1S/C26H27BrN2O7S/c1-5-34-20-11-17(12-22-24(31)29(26(33)37-22)16(4)25(32)35-6-2)19(27)13-21(20)36-14-23(30)28-18-9-7-15(3)8-10-18/h7-13,16H,5-6,14H2,1-4H3,(H,28,30)/b22-12+/t16-/m1/s1. The maximum Gasteiger partial charge on any atom is 0.329 e. The molecule has 1 fully saturated rings. The number of thioether (sulfide) groups is 1. The lowest BCUT2D eigenvalue weighted by atomic mass is 10.1. The van der Waals surface area contributed by atoms with Gasteiger partial charge in [0.05, 0.1) is 18.1 Å². The summed E-state index contributed by atoms with van der Waals surface area (Å²) in [5.74, 6) is -0.892. The molecule has 196 valence electrons. The van der Waals surface area contributed by atoms with Crippen molar-refractivity contribution in [1.82, 2.24) is 4.90 Å². The third kappa shape index (κ3) is 7.14. The molecule has 0 radical (unpaired) electrons. The van der Waals surface area contributed by atoms with Crippen LogP contribution in [0.5, 0.6) is 11.5 Å². The molecule has 9 nitrogen and oxygen atoms in total.